The molecule has 34 heavy (non-hydrogen) atoms. The van der Waals surface area contributed by atoms with E-state index < -0.39 is 5.41 Å². The molecule has 0 saturated carbocycles. The van der Waals surface area contributed by atoms with Crippen molar-refractivity contribution in [3.05, 3.63) is 94.6 Å². The molecule has 0 radical (unpaired) electrons. The minimum atomic E-state index is -0.638. The maximum atomic E-state index is 13.0. The molecule has 0 saturated heterocycles. The molecule has 5 nitrogen and oxygen atoms in total. The number of aliphatic hydroxyl groups excluding tert-OH is 1. The predicted molar refractivity (Wildman–Crippen MR) is 132 cm³/mol. The average molecular weight is 452 g/mol. The number of carbonyl (C=O) groups excluding carboxylic acids is 1. The van der Waals surface area contributed by atoms with Crippen LogP contribution < -0.4 is 5.32 Å². The fourth-order valence-electron chi connectivity index (χ4n) is 6.02. The van der Waals surface area contributed by atoms with Crippen LogP contribution in [0.15, 0.2) is 82.9 Å². The van der Waals surface area contributed by atoms with Crippen LogP contribution in [0.25, 0.3) is 0 Å². The molecule has 5 atom stereocenters. The van der Waals surface area contributed by atoms with E-state index in [1.165, 1.54) is 0 Å². The number of allylic oxidation sites excluding steroid dienone is 3. The van der Waals surface area contributed by atoms with Gasteiger partial charge in [0.25, 0.3) is 0 Å². The summed E-state index contributed by atoms with van der Waals surface area (Å²) in [5.74, 6) is -0.364. The lowest BCUT2D eigenvalue weighted by Crippen LogP contribution is -2.55. The van der Waals surface area contributed by atoms with Gasteiger partial charge in [0.1, 0.15) is 6.07 Å². The van der Waals surface area contributed by atoms with Crippen LogP contribution >= 0.6 is 0 Å². The standard InChI is InChI=1S/C29H29N3O2/c1-18-25-12-11-24-26(21-8-6-7-20(15-21)13-14-33)31-19(2)32-28(24)29(25,16-22(17-30)27(18)34)23-9-4-3-5-10-23/h3-11,15-16,18-19,25-26,31,33H,12-14H2,1-2H3/t18-,19?,25-,26?,29+/m0/s1. The highest BCUT2D eigenvalue weighted by Crippen LogP contribution is 2.52. The van der Waals surface area contributed by atoms with Gasteiger partial charge in [-0.15, -0.1) is 0 Å². The number of nitriles is 1. The fraction of sp³-hybridized carbons (Fsp3) is 0.345. The summed E-state index contributed by atoms with van der Waals surface area (Å²) in [7, 11) is 0. The summed E-state index contributed by atoms with van der Waals surface area (Å²) in [6.07, 6.45) is 5.35. The summed E-state index contributed by atoms with van der Waals surface area (Å²) in [6.45, 7) is 4.11. The molecule has 0 fully saturated rings. The Bertz CT molecular complexity index is 1250. The SMILES string of the molecule is CC1N=C2C(=CC[C@H]3[C@H](C)C(=O)C(C#N)=C[C@]23c2ccccc2)C(c2cccc(CCO)c2)N1. The van der Waals surface area contributed by atoms with Gasteiger partial charge >= 0.3 is 0 Å². The van der Waals surface area contributed by atoms with Crippen molar-refractivity contribution < 1.29 is 9.90 Å². The molecule has 5 heteroatoms. The molecule has 2 aliphatic carbocycles. The first-order chi connectivity index (χ1) is 16.5. The van der Waals surface area contributed by atoms with Crippen LogP contribution in [0.2, 0.25) is 0 Å². The molecule has 172 valence electrons. The number of Topliss-reactive ketones (excluding diaryl/α,β-unsaturated/α-hetero) is 1. The molecule has 0 spiro atoms. The van der Waals surface area contributed by atoms with E-state index in [0.29, 0.717) is 6.42 Å². The number of aliphatic hydroxyl groups is 1. The van der Waals surface area contributed by atoms with Crippen molar-refractivity contribution in [2.45, 2.75) is 44.3 Å². The largest absolute Gasteiger partial charge is 0.396 e. The first-order valence-corrected chi connectivity index (χ1v) is 12.0. The number of benzene rings is 2. The molecule has 1 heterocycles. The van der Waals surface area contributed by atoms with Gasteiger partial charge in [-0.2, -0.15) is 5.26 Å². The summed E-state index contributed by atoms with van der Waals surface area (Å²) < 4.78 is 0. The summed E-state index contributed by atoms with van der Waals surface area (Å²) >= 11 is 0. The van der Waals surface area contributed by atoms with Crippen LogP contribution in [-0.4, -0.2) is 29.4 Å². The van der Waals surface area contributed by atoms with Crippen LogP contribution in [0.5, 0.6) is 0 Å². The average Bonchev–Trinajstić information content (AvgIpc) is 2.86. The minimum Gasteiger partial charge on any atom is -0.396 e. The Morgan fingerprint density at radius 1 is 1.18 bits per heavy atom. The Morgan fingerprint density at radius 2 is 1.97 bits per heavy atom. The number of carbonyl (C=O) groups is 1. The van der Waals surface area contributed by atoms with E-state index in [9.17, 15) is 15.2 Å². The van der Waals surface area contributed by atoms with Crippen molar-refractivity contribution >= 4 is 11.5 Å². The second-order valence-electron chi connectivity index (χ2n) is 9.53. The van der Waals surface area contributed by atoms with E-state index in [0.717, 1.165) is 34.4 Å². The Kier molecular flexibility index (Phi) is 5.81. The lowest BCUT2D eigenvalue weighted by Gasteiger charge is -2.51. The molecular weight excluding hydrogens is 422 g/mol. The zero-order valence-electron chi connectivity index (χ0n) is 19.5. The van der Waals surface area contributed by atoms with Crippen LogP contribution in [0.1, 0.15) is 43.0 Å². The molecule has 1 aliphatic heterocycles. The summed E-state index contributed by atoms with van der Waals surface area (Å²) in [5, 5.41) is 22.9. The number of aliphatic imine (C=N–C) groups is 1. The van der Waals surface area contributed by atoms with E-state index in [1.807, 2.05) is 50.3 Å². The third-order valence-electron chi connectivity index (χ3n) is 7.59. The molecule has 3 aliphatic rings. The van der Waals surface area contributed by atoms with Gasteiger partial charge in [0.2, 0.25) is 0 Å². The van der Waals surface area contributed by atoms with Gasteiger partial charge in [-0.3, -0.25) is 15.1 Å². The molecule has 0 aromatic heterocycles. The molecular formula is C29H29N3O2. The monoisotopic (exact) mass is 451 g/mol. The summed E-state index contributed by atoms with van der Waals surface area (Å²) in [5.41, 5.74) is 4.93. The smallest absolute Gasteiger partial charge is 0.176 e. The zero-order valence-corrected chi connectivity index (χ0v) is 19.5. The van der Waals surface area contributed by atoms with E-state index >= 15 is 0 Å². The Labute approximate surface area is 200 Å². The van der Waals surface area contributed by atoms with Crippen LogP contribution in [0, 0.1) is 23.2 Å². The highest BCUT2D eigenvalue weighted by Gasteiger charge is 2.55. The van der Waals surface area contributed by atoms with Gasteiger partial charge in [-0.1, -0.05) is 67.6 Å². The highest BCUT2D eigenvalue weighted by atomic mass is 16.3. The number of fused-ring (bicyclic) bond motifs is 3. The molecule has 2 aromatic carbocycles. The highest BCUT2D eigenvalue weighted by molar-refractivity contribution is 6.15. The molecule has 2 aromatic rings. The Hall–Kier alpha value is -3.33. The van der Waals surface area contributed by atoms with Crippen molar-refractivity contribution in [2.24, 2.45) is 16.8 Å². The normalized spacial score (nSPS) is 30.3. The van der Waals surface area contributed by atoms with Gasteiger partial charge in [0, 0.05) is 12.5 Å². The number of hydrogen-bond donors (Lipinski definition) is 2. The number of nitrogens with zero attached hydrogens (tertiary/aromatic N) is 2. The first kappa shape index (κ1) is 22.5. The maximum Gasteiger partial charge on any atom is 0.176 e. The number of nitrogens with one attached hydrogen (secondary N) is 1. The van der Waals surface area contributed by atoms with Gasteiger partial charge in [-0.25, -0.2) is 0 Å². The quantitative estimate of drug-likeness (QED) is 0.729. The Balaban J connectivity index is 1.72. The molecule has 0 amide bonds. The third kappa shape index (κ3) is 3.46. The Morgan fingerprint density at radius 3 is 2.71 bits per heavy atom. The number of ketones is 1. The van der Waals surface area contributed by atoms with E-state index in [1.54, 1.807) is 0 Å². The fourth-order valence-corrected chi connectivity index (χ4v) is 6.02. The van der Waals surface area contributed by atoms with Crippen LogP contribution in [0.4, 0.5) is 0 Å². The molecule has 0 bridgehead atoms. The topological polar surface area (TPSA) is 85.5 Å². The van der Waals surface area contributed by atoms with Gasteiger partial charge in [0.15, 0.2) is 5.78 Å². The third-order valence-corrected chi connectivity index (χ3v) is 7.59. The van der Waals surface area contributed by atoms with Gasteiger partial charge in [-0.05, 0) is 54.0 Å². The van der Waals surface area contributed by atoms with E-state index in [2.05, 4.69) is 41.7 Å². The molecule has 2 unspecified atom stereocenters. The second kappa shape index (κ2) is 8.79. The maximum absolute atomic E-state index is 13.0. The molecule has 5 rings (SSSR count). The first-order valence-electron chi connectivity index (χ1n) is 12.0. The van der Waals surface area contributed by atoms with E-state index in [-0.39, 0.29) is 42.0 Å². The minimum absolute atomic E-state index is 0.00586. The summed E-state index contributed by atoms with van der Waals surface area (Å²) in [6, 6.07) is 20.7. The van der Waals surface area contributed by atoms with Crippen molar-refractivity contribution in [1.29, 1.82) is 5.26 Å². The lowest BCUT2D eigenvalue weighted by atomic mass is 9.53. The van der Waals surface area contributed by atoms with Crippen molar-refractivity contribution in [3.63, 3.8) is 0 Å². The zero-order chi connectivity index (χ0) is 23.9. The van der Waals surface area contributed by atoms with Gasteiger partial charge in [0.05, 0.1) is 28.9 Å². The van der Waals surface area contributed by atoms with E-state index in [4.69, 9.17) is 4.99 Å². The number of hydrogen-bond acceptors (Lipinski definition) is 5. The lowest BCUT2D eigenvalue weighted by molar-refractivity contribution is -0.121. The number of rotatable bonds is 4. The van der Waals surface area contributed by atoms with Crippen LogP contribution in [0.3, 0.4) is 0 Å². The van der Waals surface area contributed by atoms with Gasteiger partial charge < -0.3 is 5.11 Å². The molecule has 2 N–H and O–H groups in total. The van der Waals surface area contributed by atoms with Crippen molar-refractivity contribution in [3.8, 4) is 6.07 Å². The predicted octanol–water partition coefficient (Wildman–Crippen LogP) is 4.21. The van der Waals surface area contributed by atoms with Crippen LogP contribution in [-0.2, 0) is 16.6 Å². The van der Waals surface area contributed by atoms with Crippen molar-refractivity contribution in [2.75, 3.05) is 6.61 Å². The second-order valence-corrected chi connectivity index (χ2v) is 9.53. The van der Waals surface area contributed by atoms with Crippen molar-refractivity contribution in [1.82, 2.24) is 5.32 Å². The summed E-state index contributed by atoms with van der Waals surface area (Å²) in [4.78, 5) is 18.1.